The van der Waals surface area contributed by atoms with Crippen molar-refractivity contribution in [2.24, 2.45) is 0 Å². The Morgan fingerprint density at radius 1 is 1.19 bits per heavy atom. The Morgan fingerprint density at radius 2 is 1.90 bits per heavy atom. The Morgan fingerprint density at radius 3 is 2.52 bits per heavy atom. The van der Waals surface area contributed by atoms with Crippen LogP contribution in [0.4, 0.5) is 15.8 Å². The number of anilines is 1. The fourth-order valence-electron chi connectivity index (χ4n) is 1.94. The van der Waals surface area contributed by atoms with Crippen LogP contribution in [-0.2, 0) is 0 Å². The second kappa shape index (κ2) is 5.70. The van der Waals surface area contributed by atoms with Gasteiger partial charge in [-0.15, -0.1) is 0 Å². The molecule has 0 saturated carbocycles. The topological polar surface area (TPSA) is 72.2 Å². The zero-order valence-electron chi connectivity index (χ0n) is 11.5. The first-order chi connectivity index (χ1) is 9.88. The van der Waals surface area contributed by atoms with Crippen LogP contribution < -0.4 is 5.32 Å². The predicted octanol–water partition coefficient (Wildman–Crippen LogP) is 3.60. The molecule has 0 aliphatic carbocycles. The van der Waals surface area contributed by atoms with E-state index < -0.39 is 16.6 Å². The van der Waals surface area contributed by atoms with Gasteiger partial charge < -0.3 is 5.32 Å². The highest BCUT2D eigenvalue weighted by atomic mass is 19.1. The Hall–Kier alpha value is -2.76. The number of benzene rings is 2. The van der Waals surface area contributed by atoms with Crippen LogP contribution in [0.2, 0.25) is 0 Å². The van der Waals surface area contributed by atoms with Gasteiger partial charge in [-0.25, -0.2) is 4.39 Å². The van der Waals surface area contributed by atoms with Gasteiger partial charge in [0, 0.05) is 17.8 Å². The summed E-state index contributed by atoms with van der Waals surface area (Å²) in [6.07, 6.45) is 0. The van der Waals surface area contributed by atoms with Crippen LogP contribution in [0.1, 0.15) is 21.5 Å². The molecule has 5 nitrogen and oxygen atoms in total. The lowest BCUT2D eigenvalue weighted by Crippen LogP contribution is -2.15. The van der Waals surface area contributed by atoms with E-state index in [1.165, 1.54) is 0 Å². The number of non-ortho nitro benzene ring substituents is 1. The number of nitrogens with zero attached hydrogens (tertiary/aromatic N) is 1. The molecule has 0 spiro atoms. The third kappa shape index (κ3) is 3.22. The summed E-state index contributed by atoms with van der Waals surface area (Å²) in [7, 11) is 0. The van der Waals surface area contributed by atoms with Crippen molar-refractivity contribution < 1.29 is 14.1 Å². The maximum absolute atomic E-state index is 13.7. The molecule has 6 heteroatoms. The number of nitro groups is 1. The van der Waals surface area contributed by atoms with Gasteiger partial charge in [0.05, 0.1) is 10.5 Å². The minimum absolute atomic E-state index is 0.331. The van der Waals surface area contributed by atoms with Gasteiger partial charge in [-0.1, -0.05) is 17.7 Å². The zero-order valence-corrected chi connectivity index (χ0v) is 11.5. The van der Waals surface area contributed by atoms with E-state index in [0.717, 1.165) is 29.3 Å². The molecule has 0 fully saturated rings. The molecule has 0 atom stereocenters. The smallest absolute Gasteiger partial charge is 0.270 e. The molecule has 2 aromatic carbocycles. The molecule has 2 rings (SSSR count). The van der Waals surface area contributed by atoms with Gasteiger partial charge in [0.1, 0.15) is 5.82 Å². The van der Waals surface area contributed by atoms with Crippen LogP contribution in [0.25, 0.3) is 0 Å². The summed E-state index contributed by atoms with van der Waals surface area (Å²) in [4.78, 5) is 22.1. The number of halogens is 1. The number of rotatable bonds is 3. The average molecular weight is 288 g/mol. The molecule has 1 N–H and O–H groups in total. The summed E-state index contributed by atoms with van der Waals surface area (Å²) in [6, 6.07) is 8.25. The van der Waals surface area contributed by atoms with Crippen LogP contribution in [0.15, 0.2) is 36.4 Å². The monoisotopic (exact) mass is 288 g/mol. The van der Waals surface area contributed by atoms with Crippen molar-refractivity contribution in [2.75, 3.05) is 5.32 Å². The van der Waals surface area contributed by atoms with Crippen molar-refractivity contribution in [3.05, 3.63) is 69.0 Å². The summed E-state index contributed by atoms with van der Waals surface area (Å²) < 4.78 is 13.7. The fraction of sp³-hybridized carbons (Fsp3) is 0.133. The lowest BCUT2D eigenvalue weighted by atomic mass is 10.1. The highest BCUT2D eigenvalue weighted by Crippen LogP contribution is 2.20. The highest BCUT2D eigenvalue weighted by molar-refractivity contribution is 6.05. The molecule has 0 aromatic heterocycles. The number of carbonyl (C=O) groups is 1. The molecule has 0 aliphatic rings. The number of carbonyl (C=O) groups excluding carboxylic acids is 1. The van der Waals surface area contributed by atoms with Gasteiger partial charge in [0.2, 0.25) is 0 Å². The summed E-state index contributed by atoms with van der Waals surface area (Å²) in [6.45, 7) is 3.73. The van der Waals surface area contributed by atoms with Crippen LogP contribution >= 0.6 is 0 Å². The number of amides is 1. The van der Waals surface area contributed by atoms with Crippen LogP contribution in [0, 0.1) is 29.8 Å². The maximum Gasteiger partial charge on any atom is 0.270 e. The summed E-state index contributed by atoms with van der Waals surface area (Å²) in [5.74, 6) is -1.52. The van der Waals surface area contributed by atoms with E-state index in [0.29, 0.717) is 5.69 Å². The Balaban J connectivity index is 2.32. The predicted molar refractivity (Wildman–Crippen MR) is 76.9 cm³/mol. The summed E-state index contributed by atoms with van der Waals surface area (Å²) in [5.41, 5.74) is 1.71. The third-order valence-corrected chi connectivity index (χ3v) is 3.04. The van der Waals surface area contributed by atoms with Gasteiger partial charge in [-0.3, -0.25) is 14.9 Å². The molecule has 0 saturated heterocycles. The Kier molecular flexibility index (Phi) is 3.98. The van der Waals surface area contributed by atoms with Crippen molar-refractivity contribution in [1.29, 1.82) is 0 Å². The van der Waals surface area contributed by atoms with Crippen LogP contribution in [0.5, 0.6) is 0 Å². The van der Waals surface area contributed by atoms with Crippen molar-refractivity contribution >= 4 is 17.3 Å². The second-order valence-corrected chi connectivity index (χ2v) is 4.69. The van der Waals surface area contributed by atoms with E-state index in [-0.39, 0.29) is 11.3 Å². The van der Waals surface area contributed by atoms with E-state index in [1.807, 2.05) is 26.0 Å². The molecule has 1 amide bonds. The normalized spacial score (nSPS) is 10.2. The van der Waals surface area contributed by atoms with E-state index in [1.54, 1.807) is 6.07 Å². The molecule has 0 aliphatic heterocycles. The van der Waals surface area contributed by atoms with Crippen molar-refractivity contribution in [1.82, 2.24) is 0 Å². The minimum Gasteiger partial charge on any atom is -0.322 e. The average Bonchev–Trinajstić information content (AvgIpc) is 2.42. The van der Waals surface area contributed by atoms with Crippen LogP contribution in [0.3, 0.4) is 0 Å². The minimum atomic E-state index is -0.803. The Bertz CT molecular complexity index is 729. The number of nitro benzene ring substituents is 1. The number of hydrogen-bond donors (Lipinski definition) is 1. The van der Waals surface area contributed by atoms with Crippen LogP contribution in [-0.4, -0.2) is 10.8 Å². The molecule has 2 aromatic rings. The number of nitrogens with one attached hydrogen (secondary N) is 1. The highest BCUT2D eigenvalue weighted by Gasteiger charge is 2.17. The lowest BCUT2D eigenvalue weighted by molar-refractivity contribution is -0.384. The van der Waals surface area contributed by atoms with Gasteiger partial charge in [-0.2, -0.15) is 0 Å². The van der Waals surface area contributed by atoms with Gasteiger partial charge in [0.25, 0.3) is 11.6 Å². The number of aryl methyl sites for hydroxylation is 2. The third-order valence-electron chi connectivity index (χ3n) is 3.04. The SMILES string of the molecule is Cc1ccc(NC(=O)c2cc([N+](=O)[O-])ccc2F)c(C)c1. The van der Waals surface area contributed by atoms with Gasteiger partial charge in [0.15, 0.2) is 0 Å². The summed E-state index contributed by atoms with van der Waals surface area (Å²) in [5, 5.41) is 13.2. The summed E-state index contributed by atoms with van der Waals surface area (Å²) >= 11 is 0. The molecule has 0 radical (unpaired) electrons. The van der Waals surface area contributed by atoms with Crippen molar-refractivity contribution in [3.63, 3.8) is 0 Å². The first-order valence-corrected chi connectivity index (χ1v) is 6.21. The van der Waals surface area contributed by atoms with Crippen molar-refractivity contribution in [2.45, 2.75) is 13.8 Å². The first kappa shape index (κ1) is 14.6. The maximum atomic E-state index is 13.7. The van der Waals surface area contributed by atoms with E-state index in [4.69, 9.17) is 0 Å². The second-order valence-electron chi connectivity index (χ2n) is 4.69. The molecular formula is C15H13FN2O3. The molecule has 0 bridgehead atoms. The quantitative estimate of drug-likeness (QED) is 0.692. The lowest BCUT2D eigenvalue weighted by Gasteiger charge is -2.09. The molecular weight excluding hydrogens is 275 g/mol. The largest absolute Gasteiger partial charge is 0.322 e. The van der Waals surface area contributed by atoms with E-state index in [2.05, 4.69) is 5.32 Å². The molecule has 21 heavy (non-hydrogen) atoms. The first-order valence-electron chi connectivity index (χ1n) is 6.21. The molecule has 0 heterocycles. The van der Waals surface area contributed by atoms with Gasteiger partial charge in [-0.05, 0) is 31.5 Å². The fourth-order valence-corrected chi connectivity index (χ4v) is 1.94. The van der Waals surface area contributed by atoms with E-state index in [9.17, 15) is 19.3 Å². The van der Waals surface area contributed by atoms with Crippen molar-refractivity contribution in [3.8, 4) is 0 Å². The van der Waals surface area contributed by atoms with Gasteiger partial charge >= 0.3 is 0 Å². The molecule has 0 unspecified atom stereocenters. The number of hydrogen-bond acceptors (Lipinski definition) is 3. The standard InChI is InChI=1S/C15H13FN2O3/c1-9-3-6-14(10(2)7-9)17-15(19)12-8-11(18(20)21)4-5-13(12)16/h3-8H,1-2H3,(H,17,19). The Labute approximate surface area is 120 Å². The zero-order chi connectivity index (χ0) is 15.6. The molecule has 108 valence electrons. The van der Waals surface area contributed by atoms with E-state index >= 15 is 0 Å².